The minimum Gasteiger partial charge on any atom is -0.309 e. The molecule has 0 bridgehead atoms. The Bertz CT molecular complexity index is 3850. The molecule has 2 heterocycles. The van der Waals surface area contributed by atoms with E-state index in [2.05, 4.69) is 234 Å². The van der Waals surface area contributed by atoms with Crippen molar-refractivity contribution in [1.82, 2.24) is 9.13 Å². The van der Waals surface area contributed by atoms with E-state index in [0.717, 1.165) is 109 Å². The molecule has 62 heavy (non-hydrogen) atoms. The predicted octanol–water partition coefficient (Wildman–Crippen LogP) is 14.1. The number of aromatic nitrogens is 2. The molecule has 2 aromatic heterocycles. The van der Waals surface area contributed by atoms with Gasteiger partial charge in [0, 0.05) is 54.2 Å². The SMILES string of the molecule is O=P(c1ccc2c(c1)c1ccccc1n2-c1ccccc1)(c1ccc2c(c1)c1ccccc1n2-c1ccccc1)c1c2ccccc2cc2c3ccccc3c3ccccc3c12. The zero-order chi connectivity index (χ0) is 40.9. The van der Waals surface area contributed by atoms with E-state index >= 15 is 4.57 Å². The number of hydrogen-bond donors (Lipinski definition) is 0. The molecule has 13 aromatic rings. The van der Waals surface area contributed by atoms with Gasteiger partial charge in [0.25, 0.3) is 0 Å². The Hall–Kier alpha value is -7.71. The first-order valence-corrected chi connectivity index (χ1v) is 22.9. The van der Waals surface area contributed by atoms with E-state index < -0.39 is 7.14 Å². The number of fused-ring (bicyclic) bond motifs is 13. The minimum atomic E-state index is -3.76. The van der Waals surface area contributed by atoms with Gasteiger partial charge in [-0.15, -0.1) is 0 Å². The highest BCUT2D eigenvalue weighted by atomic mass is 31.2. The van der Waals surface area contributed by atoms with Crippen LogP contribution in [0.2, 0.25) is 0 Å². The summed E-state index contributed by atoms with van der Waals surface area (Å²) < 4.78 is 22.6. The van der Waals surface area contributed by atoms with Gasteiger partial charge in [-0.1, -0.05) is 146 Å². The second kappa shape index (κ2) is 13.4. The topological polar surface area (TPSA) is 26.9 Å². The van der Waals surface area contributed by atoms with Gasteiger partial charge in [0.15, 0.2) is 7.14 Å². The van der Waals surface area contributed by atoms with Gasteiger partial charge in [-0.3, -0.25) is 0 Å². The average molecular weight is 809 g/mol. The molecule has 13 rings (SSSR count). The normalized spacial score (nSPS) is 12.3. The van der Waals surface area contributed by atoms with E-state index in [1.807, 2.05) is 0 Å². The molecule has 0 aliphatic carbocycles. The van der Waals surface area contributed by atoms with E-state index in [-0.39, 0.29) is 0 Å². The molecule has 0 fully saturated rings. The molecule has 0 saturated heterocycles. The smallest absolute Gasteiger partial charge is 0.172 e. The molecule has 0 spiro atoms. The molecule has 290 valence electrons. The summed E-state index contributed by atoms with van der Waals surface area (Å²) in [7, 11) is -3.76. The van der Waals surface area contributed by atoms with Crippen LogP contribution >= 0.6 is 7.14 Å². The van der Waals surface area contributed by atoms with Crippen LogP contribution in [0, 0.1) is 0 Å². The molecule has 0 saturated carbocycles. The van der Waals surface area contributed by atoms with Crippen LogP contribution in [-0.4, -0.2) is 9.13 Å². The number of benzene rings is 11. The summed E-state index contributed by atoms with van der Waals surface area (Å²) in [6.45, 7) is 0. The van der Waals surface area contributed by atoms with E-state index in [9.17, 15) is 0 Å². The largest absolute Gasteiger partial charge is 0.309 e. The number of nitrogens with zero attached hydrogens (tertiary/aromatic N) is 2. The van der Waals surface area contributed by atoms with Crippen LogP contribution in [-0.2, 0) is 4.57 Å². The lowest BCUT2D eigenvalue weighted by Gasteiger charge is -2.26. The fraction of sp³-hybridized carbons (Fsp3) is 0. The van der Waals surface area contributed by atoms with Crippen LogP contribution in [0.3, 0.4) is 0 Å². The van der Waals surface area contributed by atoms with E-state index in [1.54, 1.807) is 0 Å². The molecular weight excluding hydrogens is 772 g/mol. The Morgan fingerprint density at radius 1 is 0.290 bits per heavy atom. The van der Waals surface area contributed by atoms with Gasteiger partial charge in [0.05, 0.1) is 22.1 Å². The molecule has 3 nitrogen and oxygen atoms in total. The van der Waals surface area contributed by atoms with Crippen LogP contribution < -0.4 is 15.9 Å². The monoisotopic (exact) mass is 808 g/mol. The Morgan fingerprint density at radius 3 is 1.21 bits per heavy atom. The van der Waals surface area contributed by atoms with E-state index in [0.29, 0.717) is 0 Å². The average Bonchev–Trinajstić information content (AvgIpc) is 3.86. The minimum absolute atomic E-state index is 0.807. The van der Waals surface area contributed by atoms with Crippen molar-refractivity contribution in [2.24, 2.45) is 0 Å². The summed E-state index contributed by atoms with van der Waals surface area (Å²) in [6, 6.07) is 79.7. The van der Waals surface area contributed by atoms with Crippen molar-refractivity contribution < 1.29 is 4.57 Å². The maximum absolute atomic E-state index is 17.9. The highest BCUT2D eigenvalue weighted by Crippen LogP contribution is 2.51. The van der Waals surface area contributed by atoms with E-state index in [1.165, 1.54) is 5.39 Å². The molecule has 0 aliphatic rings. The first kappa shape index (κ1) is 35.1. The van der Waals surface area contributed by atoms with Gasteiger partial charge in [-0.2, -0.15) is 0 Å². The van der Waals surface area contributed by atoms with Gasteiger partial charge >= 0.3 is 0 Å². The summed E-state index contributed by atoms with van der Waals surface area (Å²) in [6.07, 6.45) is 0. The molecule has 4 heteroatoms. The van der Waals surface area contributed by atoms with Crippen LogP contribution in [0.4, 0.5) is 0 Å². The third-order valence-corrected chi connectivity index (χ3v) is 16.2. The van der Waals surface area contributed by atoms with Crippen molar-refractivity contribution >= 4 is 110 Å². The number of rotatable bonds is 5. The van der Waals surface area contributed by atoms with Crippen molar-refractivity contribution in [2.45, 2.75) is 0 Å². The second-order valence-electron chi connectivity index (χ2n) is 16.3. The lowest BCUT2D eigenvalue weighted by atomic mass is 9.92. The molecule has 0 unspecified atom stereocenters. The number of para-hydroxylation sites is 4. The molecule has 0 radical (unpaired) electrons. The van der Waals surface area contributed by atoms with Crippen molar-refractivity contribution in [3.8, 4) is 11.4 Å². The quantitative estimate of drug-likeness (QED) is 0.0966. The Labute approximate surface area is 357 Å². The molecule has 0 N–H and O–H groups in total. The lowest BCUT2D eigenvalue weighted by molar-refractivity contribution is 0.593. The van der Waals surface area contributed by atoms with Crippen molar-refractivity contribution in [3.63, 3.8) is 0 Å². The molecule has 0 amide bonds. The van der Waals surface area contributed by atoms with E-state index in [4.69, 9.17) is 0 Å². The summed E-state index contributed by atoms with van der Waals surface area (Å²) >= 11 is 0. The highest BCUT2D eigenvalue weighted by Gasteiger charge is 2.36. The lowest BCUT2D eigenvalue weighted by Crippen LogP contribution is -2.26. The predicted molar refractivity (Wildman–Crippen MR) is 265 cm³/mol. The molecule has 0 atom stereocenters. The third kappa shape index (κ3) is 4.92. The Kier molecular flexibility index (Phi) is 7.58. The highest BCUT2D eigenvalue weighted by molar-refractivity contribution is 7.86. The van der Waals surface area contributed by atoms with Crippen LogP contribution in [0.5, 0.6) is 0 Å². The zero-order valence-corrected chi connectivity index (χ0v) is 34.5. The van der Waals surface area contributed by atoms with Crippen LogP contribution in [0.1, 0.15) is 0 Å². The van der Waals surface area contributed by atoms with Gasteiger partial charge in [0.1, 0.15) is 0 Å². The van der Waals surface area contributed by atoms with Gasteiger partial charge in [0.2, 0.25) is 0 Å². The fourth-order valence-corrected chi connectivity index (χ4v) is 13.6. The third-order valence-electron chi connectivity index (χ3n) is 13.1. The molecule has 11 aromatic carbocycles. The standard InChI is InChI=1S/C58H37N2OP/c61-62(41-31-33-55-50(36-41)47-26-13-15-29-53(47)59(55)39-18-3-1-4-19-39,42-32-34-56-51(37-42)48-27-14-16-30-54(48)60(56)40-20-5-2-6-21-40)58-43-22-8-7-17-38(43)35-52-46-25-10-9-23-44(46)45-24-11-12-28-49(45)57(52)58/h1-37H. The molecular formula is C58H37N2OP. The number of hydrogen-bond acceptors (Lipinski definition) is 1. The maximum Gasteiger partial charge on any atom is 0.172 e. The van der Waals surface area contributed by atoms with Crippen LogP contribution in [0.25, 0.3) is 98.1 Å². The van der Waals surface area contributed by atoms with Gasteiger partial charge < -0.3 is 13.7 Å². The summed E-state index contributed by atoms with van der Waals surface area (Å²) in [4.78, 5) is 0. The van der Waals surface area contributed by atoms with Gasteiger partial charge in [-0.05, 0) is 117 Å². The summed E-state index contributed by atoms with van der Waals surface area (Å²) in [5.74, 6) is 0. The first-order chi connectivity index (χ1) is 30.7. The first-order valence-electron chi connectivity index (χ1n) is 21.2. The fourth-order valence-electron chi connectivity index (χ4n) is 10.5. The summed E-state index contributed by atoms with van der Waals surface area (Å²) in [5, 5.41) is 15.7. The zero-order valence-electron chi connectivity index (χ0n) is 33.6. The van der Waals surface area contributed by atoms with Crippen molar-refractivity contribution in [2.75, 3.05) is 0 Å². The summed E-state index contributed by atoms with van der Waals surface area (Å²) in [5.41, 5.74) is 6.57. The van der Waals surface area contributed by atoms with Crippen molar-refractivity contribution in [1.29, 1.82) is 0 Å². The molecule has 0 aliphatic heterocycles. The van der Waals surface area contributed by atoms with Crippen molar-refractivity contribution in [3.05, 3.63) is 224 Å². The Morgan fingerprint density at radius 2 is 0.677 bits per heavy atom. The maximum atomic E-state index is 17.9. The second-order valence-corrected chi connectivity index (χ2v) is 19.0. The Balaban J connectivity index is 1.22. The van der Waals surface area contributed by atoms with Gasteiger partial charge in [-0.25, -0.2) is 0 Å². The van der Waals surface area contributed by atoms with Crippen LogP contribution in [0.15, 0.2) is 224 Å².